The number of hydrazone groups is 1. The maximum Gasteiger partial charge on any atom is 0.115 e. The standard InChI is InChI=1S/C21H18N2O2/c24-18-10-6-15(7-11-18)20-14-21(16-8-12-19(25)13-9-16)23(22-20)17-4-2-1-3-5-17/h1-13,21,24-25H,14H2. The fourth-order valence-corrected chi connectivity index (χ4v) is 3.11. The summed E-state index contributed by atoms with van der Waals surface area (Å²) in [6, 6.07) is 24.5. The van der Waals surface area contributed by atoms with Gasteiger partial charge in [0.2, 0.25) is 0 Å². The Morgan fingerprint density at radius 1 is 0.760 bits per heavy atom. The Hall–Kier alpha value is -3.27. The molecule has 0 aliphatic carbocycles. The molecule has 0 radical (unpaired) electrons. The van der Waals surface area contributed by atoms with Crippen LogP contribution in [0, 0.1) is 0 Å². The van der Waals surface area contributed by atoms with Crippen LogP contribution in [0.15, 0.2) is 84.0 Å². The molecule has 4 nitrogen and oxygen atoms in total. The van der Waals surface area contributed by atoms with Crippen LogP contribution >= 0.6 is 0 Å². The summed E-state index contributed by atoms with van der Waals surface area (Å²) in [6.45, 7) is 0. The number of para-hydroxylation sites is 1. The van der Waals surface area contributed by atoms with E-state index in [1.54, 1.807) is 24.3 Å². The van der Waals surface area contributed by atoms with E-state index >= 15 is 0 Å². The average molecular weight is 330 g/mol. The Bertz CT molecular complexity index is 887. The molecule has 4 rings (SSSR count). The largest absolute Gasteiger partial charge is 0.508 e. The van der Waals surface area contributed by atoms with E-state index in [9.17, 15) is 10.2 Å². The highest BCUT2D eigenvalue weighted by Gasteiger charge is 2.29. The number of rotatable bonds is 3. The Morgan fingerprint density at radius 3 is 2.00 bits per heavy atom. The van der Waals surface area contributed by atoms with Crippen molar-refractivity contribution in [3.05, 3.63) is 90.0 Å². The molecule has 1 heterocycles. The van der Waals surface area contributed by atoms with E-state index in [2.05, 4.69) is 0 Å². The predicted octanol–water partition coefficient (Wildman–Crippen LogP) is 4.45. The summed E-state index contributed by atoms with van der Waals surface area (Å²) in [5.74, 6) is 0.505. The lowest BCUT2D eigenvalue weighted by Gasteiger charge is -2.24. The van der Waals surface area contributed by atoms with Crippen molar-refractivity contribution >= 4 is 11.4 Å². The first-order valence-electron chi connectivity index (χ1n) is 8.21. The van der Waals surface area contributed by atoms with E-state index < -0.39 is 0 Å². The van der Waals surface area contributed by atoms with Gasteiger partial charge < -0.3 is 10.2 Å². The molecule has 1 aliphatic heterocycles. The number of aromatic hydroxyl groups is 2. The lowest BCUT2D eigenvalue weighted by molar-refractivity contribution is 0.474. The van der Waals surface area contributed by atoms with Gasteiger partial charge in [-0.3, -0.25) is 5.01 Å². The zero-order valence-corrected chi connectivity index (χ0v) is 13.6. The molecule has 0 fully saturated rings. The van der Waals surface area contributed by atoms with E-state index in [0.29, 0.717) is 0 Å². The Morgan fingerprint density at radius 2 is 1.36 bits per heavy atom. The normalized spacial score (nSPS) is 16.7. The van der Waals surface area contributed by atoms with Crippen molar-refractivity contribution in [1.82, 2.24) is 0 Å². The summed E-state index contributed by atoms with van der Waals surface area (Å²) in [6.07, 6.45) is 0.754. The fourth-order valence-electron chi connectivity index (χ4n) is 3.11. The first-order valence-corrected chi connectivity index (χ1v) is 8.21. The van der Waals surface area contributed by atoms with Crippen LogP contribution in [0.3, 0.4) is 0 Å². The van der Waals surface area contributed by atoms with E-state index in [4.69, 9.17) is 5.10 Å². The second kappa shape index (κ2) is 6.32. The molecule has 1 aliphatic rings. The summed E-state index contributed by atoms with van der Waals surface area (Å²) >= 11 is 0. The van der Waals surface area contributed by atoms with Crippen LogP contribution < -0.4 is 5.01 Å². The number of phenols is 2. The molecule has 1 atom stereocenters. The van der Waals surface area contributed by atoms with Crippen LogP contribution in [0.4, 0.5) is 5.69 Å². The molecule has 0 aromatic heterocycles. The predicted molar refractivity (Wildman–Crippen MR) is 99.0 cm³/mol. The van der Waals surface area contributed by atoms with Gasteiger partial charge in [0.15, 0.2) is 0 Å². The third-order valence-corrected chi connectivity index (χ3v) is 4.41. The van der Waals surface area contributed by atoms with Gasteiger partial charge in [0.25, 0.3) is 0 Å². The smallest absolute Gasteiger partial charge is 0.115 e. The maximum absolute atomic E-state index is 9.57. The second-order valence-corrected chi connectivity index (χ2v) is 6.09. The lowest BCUT2D eigenvalue weighted by atomic mass is 9.98. The van der Waals surface area contributed by atoms with Gasteiger partial charge in [-0.15, -0.1) is 0 Å². The quantitative estimate of drug-likeness (QED) is 0.746. The van der Waals surface area contributed by atoms with Crippen molar-refractivity contribution < 1.29 is 10.2 Å². The summed E-state index contributed by atoms with van der Waals surface area (Å²) in [5, 5.41) is 26.0. The van der Waals surface area contributed by atoms with Crippen LogP contribution in [0.1, 0.15) is 23.6 Å². The molecule has 1 unspecified atom stereocenters. The molecule has 0 amide bonds. The molecule has 3 aromatic carbocycles. The minimum Gasteiger partial charge on any atom is -0.508 e. The van der Waals surface area contributed by atoms with E-state index in [1.807, 2.05) is 59.6 Å². The topological polar surface area (TPSA) is 56.1 Å². The molecule has 0 spiro atoms. The van der Waals surface area contributed by atoms with Crippen molar-refractivity contribution in [2.75, 3.05) is 5.01 Å². The molecule has 0 bridgehead atoms. The minimum absolute atomic E-state index is 0.0619. The monoisotopic (exact) mass is 330 g/mol. The number of benzene rings is 3. The Labute approximate surface area is 146 Å². The van der Waals surface area contributed by atoms with Crippen LogP contribution in [-0.4, -0.2) is 15.9 Å². The Kier molecular flexibility index (Phi) is 3.86. The zero-order valence-electron chi connectivity index (χ0n) is 13.6. The summed E-state index contributed by atoms with van der Waals surface area (Å²) in [7, 11) is 0. The van der Waals surface area contributed by atoms with Crippen molar-refractivity contribution in [3.8, 4) is 11.5 Å². The molecular formula is C21H18N2O2. The third-order valence-electron chi connectivity index (χ3n) is 4.41. The molecule has 25 heavy (non-hydrogen) atoms. The molecule has 0 saturated heterocycles. The van der Waals surface area contributed by atoms with Gasteiger partial charge in [-0.1, -0.05) is 30.3 Å². The van der Waals surface area contributed by atoms with Crippen LogP contribution in [0.2, 0.25) is 0 Å². The average Bonchev–Trinajstić information content (AvgIpc) is 3.09. The molecule has 3 aromatic rings. The van der Waals surface area contributed by atoms with Crippen LogP contribution in [0.5, 0.6) is 11.5 Å². The summed E-state index contributed by atoms with van der Waals surface area (Å²) < 4.78 is 0. The van der Waals surface area contributed by atoms with Crippen molar-refractivity contribution in [3.63, 3.8) is 0 Å². The minimum atomic E-state index is 0.0619. The van der Waals surface area contributed by atoms with Crippen molar-refractivity contribution in [1.29, 1.82) is 0 Å². The SMILES string of the molecule is Oc1ccc(C2=NN(c3ccccc3)C(c3ccc(O)cc3)C2)cc1. The van der Waals surface area contributed by atoms with Gasteiger partial charge in [-0.2, -0.15) is 5.10 Å². The van der Waals surface area contributed by atoms with E-state index in [0.717, 1.165) is 28.9 Å². The first-order chi connectivity index (χ1) is 12.2. The number of phenolic OH excluding ortho intramolecular Hbond substituents is 2. The van der Waals surface area contributed by atoms with Crippen LogP contribution in [0.25, 0.3) is 0 Å². The molecular weight excluding hydrogens is 312 g/mol. The molecule has 124 valence electrons. The first kappa shape index (κ1) is 15.3. The fraction of sp³-hybridized carbons (Fsp3) is 0.0952. The third kappa shape index (κ3) is 3.06. The highest BCUT2D eigenvalue weighted by Crippen LogP contribution is 2.37. The molecule has 2 N–H and O–H groups in total. The Balaban J connectivity index is 1.73. The van der Waals surface area contributed by atoms with Crippen LogP contribution in [-0.2, 0) is 0 Å². The summed E-state index contributed by atoms with van der Waals surface area (Å²) in [4.78, 5) is 0. The van der Waals surface area contributed by atoms with Gasteiger partial charge in [-0.05, 0) is 59.7 Å². The number of nitrogens with zero attached hydrogens (tertiary/aromatic N) is 2. The molecule has 4 heteroatoms. The van der Waals surface area contributed by atoms with Crippen molar-refractivity contribution in [2.45, 2.75) is 12.5 Å². The second-order valence-electron chi connectivity index (χ2n) is 6.09. The van der Waals surface area contributed by atoms with Gasteiger partial charge in [0.05, 0.1) is 17.4 Å². The zero-order chi connectivity index (χ0) is 17.2. The van der Waals surface area contributed by atoms with Gasteiger partial charge in [-0.25, -0.2) is 0 Å². The number of hydrogen-bond acceptors (Lipinski definition) is 4. The maximum atomic E-state index is 9.57. The van der Waals surface area contributed by atoms with E-state index in [-0.39, 0.29) is 17.5 Å². The lowest BCUT2D eigenvalue weighted by Crippen LogP contribution is -2.18. The van der Waals surface area contributed by atoms with Gasteiger partial charge >= 0.3 is 0 Å². The van der Waals surface area contributed by atoms with Crippen molar-refractivity contribution in [2.24, 2.45) is 5.10 Å². The molecule has 0 saturated carbocycles. The number of hydrogen-bond donors (Lipinski definition) is 2. The van der Waals surface area contributed by atoms with E-state index in [1.165, 1.54) is 0 Å². The highest BCUT2D eigenvalue weighted by molar-refractivity contribution is 6.03. The summed E-state index contributed by atoms with van der Waals surface area (Å²) in [5.41, 5.74) is 4.09. The van der Waals surface area contributed by atoms with Gasteiger partial charge in [0.1, 0.15) is 11.5 Å². The number of anilines is 1. The van der Waals surface area contributed by atoms with Gasteiger partial charge in [0, 0.05) is 6.42 Å². The highest BCUT2D eigenvalue weighted by atomic mass is 16.3.